The van der Waals surface area contributed by atoms with Crippen molar-refractivity contribution in [2.75, 3.05) is 13.6 Å². The van der Waals surface area contributed by atoms with Crippen LogP contribution in [-0.2, 0) is 9.59 Å². The number of carbonyl (C=O) groups is 2. The van der Waals surface area contributed by atoms with Crippen LogP contribution in [0.5, 0.6) is 0 Å². The summed E-state index contributed by atoms with van der Waals surface area (Å²) in [6, 6.07) is -0.552. The van der Waals surface area contributed by atoms with Gasteiger partial charge in [0.25, 0.3) is 0 Å². The van der Waals surface area contributed by atoms with Crippen molar-refractivity contribution in [1.29, 1.82) is 0 Å². The van der Waals surface area contributed by atoms with Crippen LogP contribution in [0.4, 0.5) is 0 Å². The molecule has 0 aromatic heterocycles. The van der Waals surface area contributed by atoms with E-state index in [4.69, 9.17) is 11.5 Å². The van der Waals surface area contributed by atoms with Crippen LogP contribution >= 0.6 is 0 Å². The minimum Gasteiger partial charge on any atom is -0.368 e. The Morgan fingerprint density at radius 2 is 1.93 bits per heavy atom. The minimum atomic E-state index is -0.552. The fourth-order valence-electron chi connectivity index (χ4n) is 1.06. The molecule has 0 radical (unpaired) electrons. The number of carbonyl (C=O) groups excluding carboxylic acids is 2. The number of primary amides is 1. The quantitative estimate of drug-likeness (QED) is 0.616. The smallest absolute Gasteiger partial charge is 0.239 e. The molecular formula is C9H19N3O2. The second kappa shape index (κ2) is 5.59. The van der Waals surface area contributed by atoms with E-state index in [2.05, 4.69) is 0 Å². The van der Waals surface area contributed by atoms with Gasteiger partial charge >= 0.3 is 0 Å². The topological polar surface area (TPSA) is 89.4 Å². The Morgan fingerprint density at radius 1 is 1.43 bits per heavy atom. The number of nitrogens with two attached hydrogens (primary N) is 2. The molecule has 0 bridgehead atoms. The Hall–Kier alpha value is -1.10. The van der Waals surface area contributed by atoms with Crippen LogP contribution in [-0.4, -0.2) is 36.3 Å². The fraction of sp³-hybridized carbons (Fsp3) is 0.778. The molecular weight excluding hydrogens is 182 g/mol. The maximum Gasteiger partial charge on any atom is 0.239 e. The van der Waals surface area contributed by atoms with Crippen molar-refractivity contribution in [2.45, 2.75) is 26.3 Å². The van der Waals surface area contributed by atoms with Gasteiger partial charge in [-0.15, -0.1) is 0 Å². The summed E-state index contributed by atoms with van der Waals surface area (Å²) < 4.78 is 0. The maximum atomic E-state index is 11.6. The number of likely N-dealkylation sites (N-methyl/N-ethyl adjacent to an activating group) is 1. The average Bonchev–Trinajstić information content (AvgIpc) is 2.13. The van der Waals surface area contributed by atoms with Gasteiger partial charge in [-0.1, -0.05) is 20.3 Å². The third-order valence-corrected chi connectivity index (χ3v) is 2.31. The lowest BCUT2D eigenvalue weighted by Gasteiger charge is -2.23. The highest BCUT2D eigenvalue weighted by molar-refractivity contribution is 5.86. The van der Waals surface area contributed by atoms with Crippen LogP contribution in [0.25, 0.3) is 0 Å². The van der Waals surface area contributed by atoms with Crippen molar-refractivity contribution >= 4 is 11.8 Å². The summed E-state index contributed by atoms with van der Waals surface area (Å²) in [5.41, 5.74) is 10.7. The molecule has 14 heavy (non-hydrogen) atoms. The zero-order valence-electron chi connectivity index (χ0n) is 8.99. The van der Waals surface area contributed by atoms with E-state index >= 15 is 0 Å². The van der Waals surface area contributed by atoms with Crippen molar-refractivity contribution in [3.05, 3.63) is 0 Å². The van der Waals surface area contributed by atoms with Crippen molar-refractivity contribution in [1.82, 2.24) is 4.90 Å². The van der Waals surface area contributed by atoms with E-state index in [1.807, 2.05) is 13.8 Å². The molecule has 5 heteroatoms. The summed E-state index contributed by atoms with van der Waals surface area (Å²) in [4.78, 5) is 23.4. The first-order valence-corrected chi connectivity index (χ1v) is 4.69. The van der Waals surface area contributed by atoms with Gasteiger partial charge in [-0.05, 0) is 5.92 Å². The molecule has 4 N–H and O–H groups in total. The molecule has 5 nitrogen and oxygen atoms in total. The van der Waals surface area contributed by atoms with Gasteiger partial charge in [0.15, 0.2) is 0 Å². The summed E-state index contributed by atoms with van der Waals surface area (Å²) in [5.74, 6) is -0.659. The number of amides is 2. The second-order valence-electron chi connectivity index (χ2n) is 3.57. The first-order valence-electron chi connectivity index (χ1n) is 4.69. The molecule has 0 saturated carbocycles. The molecule has 0 heterocycles. The molecule has 0 aliphatic carbocycles. The molecule has 0 aliphatic heterocycles. The van der Waals surface area contributed by atoms with Crippen LogP contribution in [0, 0.1) is 5.92 Å². The standard InChI is InChI=1S/C9H19N3O2/c1-4-6(2)8(11)9(14)12(3)5-7(10)13/h6,8H,4-5,11H2,1-3H3,(H2,10,13). The van der Waals surface area contributed by atoms with Crippen LogP contribution in [0.15, 0.2) is 0 Å². The van der Waals surface area contributed by atoms with Crippen molar-refractivity contribution < 1.29 is 9.59 Å². The normalized spacial score (nSPS) is 14.6. The highest BCUT2D eigenvalue weighted by Gasteiger charge is 2.23. The molecule has 0 spiro atoms. The maximum absolute atomic E-state index is 11.6. The Morgan fingerprint density at radius 3 is 2.29 bits per heavy atom. The van der Waals surface area contributed by atoms with E-state index in [9.17, 15) is 9.59 Å². The molecule has 0 aliphatic rings. The van der Waals surface area contributed by atoms with E-state index < -0.39 is 11.9 Å². The Balaban J connectivity index is 4.23. The predicted molar refractivity (Wildman–Crippen MR) is 54.3 cm³/mol. The Kier molecular flexibility index (Phi) is 5.15. The summed E-state index contributed by atoms with van der Waals surface area (Å²) in [5, 5.41) is 0. The third-order valence-electron chi connectivity index (χ3n) is 2.31. The lowest BCUT2D eigenvalue weighted by Crippen LogP contribution is -2.47. The summed E-state index contributed by atoms with van der Waals surface area (Å²) >= 11 is 0. The highest BCUT2D eigenvalue weighted by atomic mass is 16.2. The molecule has 2 unspecified atom stereocenters. The van der Waals surface area contributed by atoms with Crippen LogP contribution in [0.1, 0.15) is 20.3 Å². The second-order valence-corrected chi connectivity index (χ2v) is 3.57. The zero-order chi connectivity index (χ0) is 11.3. The summed E-state index contributed by atoms with van der Waals surface area (Å²) in [7, 11) is 1.52. The van der Waals surface area contributed by atoms with Gasteiger partial charge in [-0.25, -0.2) is 0 Å². The molecule has 0 rings (SSSR count). The predicted octanol–water partition coefficient (Wildman–Crippen LogP) is -0.696. The molecule has 0 saturated heterocycles. The first kappa shape index (κ1) is 12.9. The molecule has 2 atom stereocenters. The molecule has 2 amide bonds. The van der Waals surface area contributed by atoms with Crippen LogP contribution in [0.2, 0.25) is 0 Å². The lowest BCUT2D eigenvalue weighted by molar-refractivity contribution is -0.135. The van der Waals surface area contributed by atoms with E-state index in [1.54, 1.807) is 0 Å². The zero-order valence-corrected chi connectivity index (χ0v) is 8.99. The van der Waals surface area contributed by atoms with Gasteiger partial charge < -0.3 is 16.4 Å². The van der Waals surface area contributed by atoms with Crippen LogP contribution in [0.3, 0.4) is 0 Å². The van der Waals surface area contributed by atoms with E-state index in [0.29, 0.717) is 0 Å². The van der Waals surface area contributed by atoms with E-state index in [-0.39, 0.29) is 18.4 Å². The van der Waals surface area contributed by atoms with E-state index in [1.165, 1.54) is 11.9 Å². The fourth-order valence-corrected chi connectivity index (χ4v) is 1.06. The van der Waals surface area contributed by atoms with Gasteiger partial charge in [0, 0.05) is 7.05 Å². The van der Waals surface area contributed by atoms with Crippen LogP contribution < -0.4 is 11.5 Å². The average molecular weight is 201 g/mol. The molecule has 0 aromatic rings. The third kappa shape index (κ3) is 3.74. The number of hydrogen-bond acceptors (Lipinski definition) is 3. The summed E-state index contributed by atoms with van der Waals surface area (Å²) in [6.07, 6.45) is 0.831. The number of rotatable bonds is 5. The van der Waals surface area contributed by atoms with Gasteiger partial charge in [-0.3, -0.25) is 9.59 Å². The van der Waals surface area contributed by atoms with Crippen molar-refractivity contribution in [3.8, 4) is 0 Å². The van der Waals surface area contributed by atoms with Crippen molar-refractivity contribution in [3.63, 3.8) is 0 Å². The lowest BCUT2D eigenvalue weighted by atomic mass is 9.99. The Bertz CT molecular complexity index is 218. The van der Waals surface area contributed by atoms with E-state index in [0.717, 1.165) is 6.42 Å². The molecule has 82 valence electrons. The van der Waals surface area contributed by atoms with Gasteiger partial charge in [0.2, 0.25) is 11.8 Å². The monoisotopic (exact) mass is 201 g/mol. The number of nitrogens with zero attached hydrogens (tertiary/aromatic N) is 1. The van der Waals surface area contributed by atoms with Gasteiger partial charge in [0.1, 0.15) is 0 Å². The molecule has 0 aromatic carbocycles. The first-order chi connectivity index (χ1) is 6.40. The molecule has 0 fully saturated rings. The number of hydrogen-bond donors (Lipinski definition) is 2. The highest BCUT2D eigenvalue weighted by Crippen LogP contribution is 2.07. The SMILES string of the molecule is CCC(C)C(N)C(=O)N(C)CC(N)=O. The van der Waals surface area contributed by atoms with Gasteiger partial charge in [-0.2, -0.15) is 0 Å². The van der Waals surface area contributed by atoms with Gasteiger partial charge in [0.05, 0.1) is 12.6 Å². The minimum absolute atomic E-state index is 0.0804. The van der Waals surface area contributed by atoms with Crippen molar-refractivity contribution in [2.24, 2.45) is 17.4 Å². The largest absolute Gasteiger partial charge is 0.368 e. The summed E-state index contributed by atoms with van der Waals surface area (Å²) in [6.45, 7) is 3.79. The Labute approximate surface area is 84.4 Å².